The number of rotatable bonds is 1. The van der Waals surface area contributed by atoms with E-state index in [4.69, 9.17) is 4.74 Å². The lowest BCUT2D eigenvalue weighted by molar-refractivity contribution is -0.137. The van der Waals surface area contributed by atoms with Crippen molar-refractivity contribution in [3.05, 3.63) is 47.7 Å². The Morgan fingerprint density at radius 3 is 2.31 bits per heavy atom. The molecule has 1 aliphatic rings. The van der Waals surface area contributed by atoms with Gasteiger partial charge in [0.25, 0.3) is 0 Å². The summed E-state index contributed by atoms with van der Waals surface area (Å²) in [5, 5.41) is 0. The SMILES string of the molecule is FC(F)(F)c1ccc(C2CCC=CO2)cc1. The van der Waals surface area contributed by atoms with Crippen LogP contribution < -0.4 is 0 Å². The van der Waals surface area contributed by atoms with Gasteiger partial charge in [-0.2, -0.15) is 13.2 Å². The Morgan fingerprint density at radius 1 is 1.12 bits per heavy atom. The molecule has 0 aromatic heterocycles. The summed E-state index contributed by atoms with van der Waals surface area (Å²) in [4.78, 5) is 0. The summed E-state index contributed by atoms with van der Waals surface area (Å²) in [7, 11) is 0. The zero-order valence-corrected chi connectivity index (χ0v) is 8.50. The van der Waals surface area contributed by atoms with Crippen molar-refractivity contribution in [1.82, 2.24) is 0 Å². The molecule has 0 aliphatic carbocycles. The summed E-state index contributed by atoms with van der Waals surface area (Å²) in [5.41, 5.74) is 0.167. The van der Waals surface area contributed by atoms with Crippen molar-refractivity contribution in [2.24, 2.45) is 0 Å². The molecule has 2 rings (SSSR count). The summed E-state index contributed by atoms with van der Waals surface area (Å²) in [6.45, 7) is 0. The minimum absolute atomic E-state index is 0.118. The Labute approximate surface area is 91.5 Å². The molecule has 0 amide bonds. The average Bonchev–Trinajstić information content (AvgIpc) is 2.29. The predicted molar refractivity (Wildman–Crippen MR) is 53.6 cm³/mol. The Balaban J connectivity index is 2.16. The van der Waals surface area contributed by atoms with Gasteiger partial charge in [-0.25, -0.2) is 0 Å². The standard InChI is InChI=1S/C12H11F3O/c13-12(14,15)10-6-4-9(5-7-10)11-3-1-2-8-16-11/h2,4-8,11H,1,3H2. The van der Waals surface area contributed by atoms with E-state index in [0.29, 0.717) is 0 Å². The lowest BCUT2D eigenvalue weighted by atomic mass is 10.0. The van der Waals surface area contributed by atoms with E-state index in [1.165, 1.54) is 12.1 Å². The van der Waals surface area contributed by atoms with Gasteiger partial charge in [0.1, 0.15) is 6.10 Å². The van der Waals surface area contributed by atoms with Crippen molar-refractivity contribution >= 4 is 0 Å². The summed E-state index contributed by atoms with van der Waals surface area (Å²) in [6.07, 6.45) is 0.818. The maximum absolute atomic E-state index is 12.3. The zero-order valence-electron chi connectivity index (χ0n) is 8.50. The molecule has 0 spiro atoms. The number of alkyl halides is 3. The van der Waals surface area contributed by atoms with E-state index in [2.05, 4.69) is 0 Å². The van der Waals surface area contributed by atoms with Crippen LogP contribution in [-0.2, 0) is 10.9 Å². The quantitative estimate of drug-likeness (QED) is 0.704. The maximum Gasteiger partial charge on any atom is 0.416 e. The highest BCUT2D eigenvalue weighted by atomic mass is 19.4. The molecule has 1 aromatic rings. The fourth-order valence-corrected chi connectivity index (χ4v) is 1.67. The maximum atomic E-state index is 12.3. The van der Waals surface area contributed by atoms with Crippen LogP contribution in [0.15, 0.2) is 36.6 Å². The fraction of sp³-hybridized carbons (Fsp3) is 0.333. The van der Waals surface area contributed by atoms with Crippen molar-refractivity contribution in [3.8, 4) is 0 Å². The van der Waals surface area contributed by atoms with E-state index in [9.17, 15) is 13.2 Å². The van der Waals surface area contributed by atoms with Crippen molar-refractivity contribution in [2.45, 2.75) is 25.1 Å². The van der Waals surface area contributed by atoms with Gasteiger partial charge in [0, 0.05) is 0 Å². The smallest absolute Gasteiger partial charge is 0.416 e. The van der Waals surface area contributed by atoms with Gasteiger partial charge in [-0.15, -0.1) is 0 Å². The minimum Gasteiger partial charge on any atom is -0.494 e. The van der Waals surface area contributed by atoms with Gasteiger partial charge < -0.3 is 4.74 Å². The Bertz CT molecular complexity index is 378. The number of hydrogen-bond donors (Lipinski definition) is 0. The predicted octanol–water partition coefficient (Wildman–Crippen LogP) is 4.07. The number of ether oxygens (including phenoxy) is 1. The van der Waals surface area contributed by atoms with E-state index < -0.39 is 11.7 Å². The van der Waals surface area contributed by atoms with Gasteiger partial charge >= 0.3 is 6.18 Å². The second-order valence-electron chi connectivity index (χ2n) is 3.69. The first-order chi connectivity index (χ1) is 7.57. The molecule has 4 heteroatoms. The van der Waals surface area contributed by atoms with Crippen LogP contribution in [0.1, 0.15) is 30.1 Å². The molecule has 16 heavy (non-hydrogen) atoms. The molecule has 86 valence electrons. The highest BCUT2D eigenvalue weighted by Crippen LogP contribution is 2.32. The van der Waals surface area contributed by atoms with Gasteiger partial charge in [0.2, 0.25) is 0 Å². The van der Waals surface area contributed by atoms with Crippen molar-refractivity contribution in [2.75, 3.05) is 0 Å². The molecular formula is C12H11F3O. The highest BCUT2D eigenvalue weighted by molar-refractivity contribution is 5.26. The molecule has 1 aliphatic heterocycles. The number of halogens is 3. The van der Waals surface area contributed by atoms with Crippen molar-refractivity contribution in [3.63, 3.8) is 0 Å². The van der Waals surface area contributed by atoms with E-state index in [0.717, 1.165) is 30.5 Å². The first kappa shape index (κ1) is 11.0. The molecule has 1 heterocycles. The third-order valence-electron chi connectivity index (χ3n) is 2.54. The topological polar surface area (TPSA) is 9.23 Å². The second-order valence-corrected chi connectivity index (χ2v) is 3.69. The van der Waals surface area contributed by atoms with Gasteiger partial charge in [-0.3, -0.25) is 0 Å². The van der Waals surface area contributed by atoms with Crippen LogP contribution in [0, 0.1) is 0 Å². The van der Waals surface area contributed by atoms with Crippen LogP contribution in [0.4, 0.5) is 13.2 Å². The van der Waals surface area contributed by atoms with Crippen LogP contribution in [-0.4, -0.2) is 0 Å². The van der Waals surface area contributed by atoms with Crippen LogP contribution in [0.2, 0.25) is 0 Å². The molecule has 1 unspecified atom stereocenters. The molecule has 0 bridgehead atoms. The van der Waals surface area contributed by atoms with Crippen molar-refractivity contribution in [1.29, 1.82) is 0 Å². The molecule has 1 aromatic carbocycles. The molecular weight excluding hydrogens is 217 g/mol. The van der Waals surface area contributed by atoms with E-state index in [1.54, 1.807) is 6.26 Å². The van der Waals surface area contributed by atoms with Crippen molar-refractivity contribution < 1.29 is 17.9 Å². The molecule has 0 fully saturated rings. The lowest BCUT2D eigenvalue weighted by Gasteiger charge is -2.20. The van der Waals surface area contributed by atoms with Crippen LogP contribution in [0.3, 0.4) is 0 Å². The van der Waals surface area contributed by atoms with Gasteiger partial charge in [-0.1, -0.05) is 12.1 Å². The molecule has 0 saturated carbocycles. The lowest BCUT2D eigenvalue weighted by Crippen LogP contribution is -2.07. The first-order valence-corrected chi connectivity index (χ1v) is 5.05. The molecule has 1 atom stereocenters. The summed E-state index contributed by atoms with van der Waals surface area (Å²) >= 11 is 0. The molecule has 0 radical (unpaired) electrons. The van der Waals surface area contributed by atoms with E-state index in [1.807, 2.05) is 6.08 Å². The van der Waals surface area contributed by atoms with Gasteiger partial charge in [0.15, 0.2) is 0 Å². The van der Waals surface area contributed by atoms with Crippen LogP contribution in [0.5, 0.6) is 0 Å². The third kappa shape index (κ3) is 2.38. The van der Waals surface area contributed by atoms with Gasteiger partial charge in [0.05, 0.1) is 11.8 Å². The fourth-order valence-electron chi connectivity index (χ4n) is 1.67. The Hall–Kier alpha value is -1.45. The second kappa shape index (κ2) is 4.20. The summed E-state index contributed by atoms with van der Waals surface area (Å²) < 4.78 is 42.3. The normalized spacial score (nSPS) is 20.6. The zero-order chi connectivity index (χ0) is 11.6. The third-order valence-corrected chi connectivity index (χ3v) is 2.54. The van der Waals surface area contributed by atoms with Gasteiger partial charge in [-0.05, 0) is 36.6 Å². The number of hydrogen-bond acceptors (Lipinski definition) is 1. The molecule has 0 N–H and O–H groups in total. The average molecular weight is 228 g/mol. The first-order valence-electron chi connectivity index (χ1n) is 5.05. The Kier molecular flexibility index (Phi) is 2.90. The van der Waals surface area contributed by atoms with Crippen LogP contribution >= 0.6 is 0 Å². The van der Waals surface area contributed by atoms with E-state index >= 15 is 0 Å². The Morgan fingerprint density at radius 2 is 1.81 bits per heavy atom. The number of benzene rings is 1. The van der Waals surface area contributed by atoms with Crippen LogP contribution in [0.25, 0.3) is 0 Å². The highest BCUT2D eigenvalue weighted by Gasteiger charge is 2.30. The van der Waals surface area contributed by atoms with E-state index in [-0.39, 0.29) is 6.10 Å². The summed E-state index contributed by atoms with van der Waals surface area (Å²) in [6, 6.07) is 5.15. The monoisotopic (exact) mass is 228 g/mol. The summed E-state index contributed by atoms with van der Waals surface area (Å²) in [5.74, 6) is 0. The molecule has 1 nitrogen and oxygen atoms in total. The number of allylic oxidation sites excluding steroid dienone is 1. The largest absolute Gasteiger partial charge is 0.494 e. The minimum atomic E-state index is -4.27. The molecule has 0 saturated heterocycles.